The molecule has 0 saturated carbocycles. The Morgan fingerprint density at radius 2 is 2.25 bits per heavy atom. The van der Waals surface area contributed by atoms with Gasteiger partial charge in [-0.15, -0.1) is 0 Å². The summed E-state index contributed by atoms with van der Waals surface area (Å²) >= 11 is -0.0527. The van der Waals surface area contributed by atoms with Gasteiger partial charge >= 0.3 is 120 Å². The standard InChI is InChI=1S/C13H11N3O3Se/c1-18-13(17)11-6-5-8(19-11)7-14-9-3-2-4-10-12(9)16-20-15-10/h2-6,14H,7H2,1H3. The number of carbonyl (C=O) groups is 1. The van der Waals surface area contributed by atoms with E-state index in [-0.39, 0.29) is 20.7 Å². The van der Waals surface area contributed by atoms with E-state index in [2.05, 4.69) is 18.0 Å². The van der Waals surface area contributed by atoms with Crippen LogP contribution in [0, 0.1) is 0 Å². The van der Waals surface area contributed by atoms with Crippen molar-refractivity contribution in [2.75, 3.05) is 12.4 Å². The van der Waals surface area contributed by atoms with Crippen molar-refractivity contribution in [3.8, 4) is 0 Å². The molecule has 1 N–H and O–H groups in total. The fourth-order valence-electron chi connectivity index (χ4n) is 1.81. The molecular formula is C13H11N3O3Se. The minimum atomic E-state index is -0.478. The van der Waals surface area contributed by atoms with Gasteiger partial charge in [0.1, 0.15) is 0 Å². The van der Waals surface area contributed by atoms with E-state index in [0.717, 1.165) is 16.7 Å². The number of carbonyl (C=O) groups excluding carboxylic acids is 1. The summed E-state index contributed by atoms with van der Waals surface area (Å²) in [7, 11) is 1.32. The van der Waals surface area contributed by atoms with E-state index in [1.165, 1.54) is 7.11 Å². The number of ether oxygens (including phenoxy) is 1. The van der Waals surface area contributed by atoms with Gasteiger partial charge in [0.05, 0.1) is 0 Å². The Balaban J connectivity index is 1.75. The molecule has 7 heteroatoms. The monoisotopic (exact) mass is 337 g/mol. The van der Waals surface area contributed by atoms with Gasteiger partial charge in [0.25, 0.3) is 0 Å². The third kappa shape index (κ3) is 2.45. The molecule has 3 rings (SSSR count). The van der Waals surface area contributed by atoms with Gasteiger partial charge in [0.15, 0.2) is 0 Å². The number of anilines is 1. The van der Waals surface area contributed by atoms with Gasteiger partial charge in [-0.25, -0.2) is 0 Å². The summed E-state index contributed by atoms with van der Waals surface area (Å²) in [5, 5.41) is 3.24. The van der Waals surface area contributed by atoms with Crippen LogP contribution in [0.15, 0.2) is 34.7 Å². The van der Waals surface area contributed by atoms with E-state index >= 15 is 0 Å². The fourth-order valence-corrected chi connectivity index (χ4v) is 2.97. The number of rotatable bonds is 4. The number of esters is 1. The van der Waals surface area contributed by atoms with Gasteiger partial charge < -0.3 is 0 Å². The predicted molar refractivity (Wildman–Crippen MR) is 73.9 cm³/mol. The number of nitrogens with one attached hydrogen (secondary N) is 1. The van der Waals surface area contributed by atoms with Crippen LogP contribution in [0.4, 0.5) is 5.69 Å². The quantitative estimate of drug-likeness (QED) is 0.577. The van der Waals surface area contributed by atoms with Gasteiger partial charge in [-0.05, 0) is 0 Å². The molecule has 0 amide bonds. The minimum absolute atomic E-state index is 0.0527. The topological polar surface area (TPSA) is 77.2 Å². The van der Waals surface area contributed by atoms with Crippen molar-refractivity contribution >= 4 is 37.7 Å². The zero-order chi connectivity index (χ0) is 13.9. The molecular weight excluding hydrogens is 325 g/mol. The second kappa shape index (κ2) is 5.48. The van der Waals surface area contributed by atoms with E-state index in [9.17, 15) is 4.79 Å². The summed E-state index contributed by atoms with van der Waals surface area (Å²) in [6, 6.07) is 9.17. The first kappa shape index (κ1) is 12.9. The van der Waals surface area contributed by atoms with Crippen LogP contribution in [0.2, 0.25) is 0 Å². The number of methoxy groups -OCH3 is 1. The van der Waals surface area contributed by atoms with Crippen molar-refractivity contribution < 1.29 is 13.9 Å². The van der Waals surface area contributed by atoms with Gasteiger partial charge in [0.2, 0.25) is 0 Å². The van der Waals surface area contributed by atoms with Crippen LogP contribution in [-0.4, -0.2) is 36.0 Å². The zero-order valence-electron chi connectivity index (χ0n) is 10.6. The number of furan rings is 1. The molecule has 0 bridgehead atoms. The summed E-state index contributed by atoms with van der Waals surface area (Å²) in [5.74, 6) is 0.377. The molecule has 0 spiro atoms. The second-order valence-electron chi connectivity index (χ2n) is 4.05. The Morgan fingerprint density at radius 1 is 1.35 bits per heavy atom. The maximum absolute atomic E-state index is 11.3. The summed E-state index contributed by atoms with van der Waals surface area (Å²) < 4.78 is 18.7. The van der Waals surface area contributed by atoms with Gasteiger partial charge in [-0.2, -0.15) is 0 Å². The molecule has 0 radical (unpaired) electrons. The molecule has 20 heavy (non-hydrogen) atoms. The Hall–Kier alpha value is -2.11. The van der Waals surface area contributed by atoms with Gasteiger partial charge in [-0.3, -0.25) is 0 Å². The normalized spacial score (nSPS) is 10.7. The van der Waals surface area contributed by atoms with E-state index in [0.29, 0.717) is 12.3 Å². The predicted octanol–water partition coefficient (Wildman–Crippen LogP) is 1.68. The third-order valence-electron chi connectivity index (χ3n) is 2.79. The SMILES string of the molecule is COC(=O)c1ccc(CNc2cccc3n[se]nc23)o1. The van der Waals surface area contributed by atoms with E-state index in [4.69, 9.17) is 4.42 Å². The average Bonchev–Trinajstić information content (AvgIpc) is 3.13. The molecule has 0 fully saturated rings. The summed E-state index contributed by atoms with van der Waals surface area (Å²) in [5.41, 5.74) is 2.73. The molecule has 0 aliphatic heterocycles. The fraction of sp³-hybridized carbons (Fsp3) is 0.154. The molecule has 2 heterocycles. The Kier molecular flexibility index (Phi) is 3.54. The second-order valence-corrected chi connectivity index (χ2v) is 5.16. The Morgan fingerprint density at radius 3 is 3.10 bits per heavy atom. The number of benzene rings is 1. The Bertz CT molecular complexity index is 750. The van der Waals surface area contributed by atoms with E-state index in [1.54, 1.807) is 12.1 Å². The van der Waals surface area contributed by atoms with Crippen molar-refractivity contribution in [3.05, 3.63) is 41.9 Å². The van der Waals surface area contributed by atoms with Crippen LogP contribution < -0.4 is 5.32 Å². The summed E-state index contributed by atoms with van der Waals surface area (Å²) in [6.07, 6.45) is 0. The van der Waals surface area contributed by atoms with E-state index in [1.807, 2.05) is 18.2 Å². The first-order chi connectivity index (χ1) is 9.78. The molecule has 0 unspecified atom stereocenters. The Labute approximate surface area is 121 Å². The molecule has 0 atom stereocenters. The van der Waals surface area contributed by atoms with Crippen molar-refractivity contribution in [2.24, 2.45) is 0 Å². The van der Waals surface area contributed by atoms with Crippen LogP contribution in [0.25, 0.3) is 11.0 Å². The first-order valence-corrected chi connectivity index (χ1v) is 7.43. The van der Waals surface area contributed by atoms with Crippen LogP contribution in [0.1, 0.15) is 16.3 Å². The number of nitrogens with zero attached hydrogens (tertiary/aromatic N) is 2. The molecule has 3 aromatic rings. The molecule has 6 nitrogen and oxygen atoms in total. The molecule has 1 aromatic carbocycles. The number of hydrogen-bond acceptors (Lipinski definition) is 6. The molecule has 0 saturated heterocycles. The molecule has 0 aliphatic rings. The molecule has 102 valence electrons. The molecule has 2 aromatic heterocycles. The van der Waals surface area contributed by atoms with E-state index < -0.39 is 5.97 Å². The maximum atomic E-state index is 11.3. The third-order valence-corrected chi connectivity index (χ3v) is 3.93. The van der Waals surface area contributed by atoms with Crippen LogP contribution in [0.3, 0.4) is 0 Å². The van der Waals surface area contributed by atoms with Crippen molar-refractivity contribution in [1.82, 2.24) is 7.96 Å². The zero-order valence-corrected chi connectivity index (χ0v) is 12.3. The van der Waals surface area contributed by atoms with Gasteiger partial charge in [-0.1, -0.05) is 0 Å². The summed E-state index contributed by atoms with van der Waals surface area (Å²) in [4.78, 5) is 11.3. The van der Waals surface area contributed by atoms with Gasteiger partial charge in [0, 0.05) is 0 Å². The average molecular weight is 336 g/mol. The van der Waals surface area contributed by atoms with Crippen LogP contribution in [0.5, 0.6) is 0 Å². The van der Waals surface area contributed by atoms with Crippen molar-refractivity contribution in [1.29, 1.82) is 0 Å². The first-order valence-electron chi connectivity index (χ1n) is 5.90. The number of fused-ring (bicyclic) bond motifs is 1. The van der Waals surface area contributed by atoms with Crippen LogP contribution in [-0.2, 0) is 11.3 Å². The summed E-state index contributed by atoms with van der Waals surface area (Å²) in [6.45, 7) is 0.468. The van der Waals surface area contributed by atoms with Crippen molar-refractivity contribution in [2.45, 2.75) is 6.54 Å². The van der Waals surface area contributed by atoms with Crippen molar-refractivity contribution in [3.63, 3.8) is 0 Å². The number of aromatic nitrogens is 2. The number of hydrogen-bond donors (Lipinski definition) is 1. The molecule has 0 aliphatic carbocycles. The van der Waals surface area contributed by atoms with Crippen LogP contribution >= 0.6 is 0 Å².